The Morgan fingerprint density at radius 3 is 2.16 bits per heavy atom. The molecule has 0 heterocycles. The van der Waals surface area contributed by atoms with Gasteiger partial charge in [0.25, 0.3) is 15.7 Å². The minimum atomic E-state index is -4.11. The van der Waals surface area contributed by atoms with Crippen molar-refractivity contribution in [2.24, 2.45) is 0 Å². The van der Waals surface area contributed by atoms with Gasteiger partial charge in [-0.15, -0.1) is 0 Å². The SMILES string of the molecule is COc1ccc(S(=O)(=O)Nc2ccc(C(C)(C)C)cc2)c([N+](=O)[O-])c1. The van der Waals surface area contributed by atoms with Crippen LogP contribution in [0.5, 0.6) is 5.75 Å². The van der Waals surface area contributed by atoms with Crippen molar-refractivity contribution < 1.29 is 18.1 Å². The van der Waals surface area contributed by atoms with Gasteiger partial charge in [0.05, 0.1) is 18.1 Å². The van der Waals surface area contributed by atoms with Gasteiger partial charge in [-0.05, 0) is 35.2 Å². The van der Waals surface area contributed by atoms with Gasteiger partial charge in [0.1, 0.15) is 5.75 Å². The minimum absolute atomic E-state index is 0.0633. The second-order valence-electron chi connectivity index (χ2n) is 6.52. The number of nitro groups is 1. The molecule has 8 heteroatoms. The number of nitrogens with zero attached hydrogens (tertiary/aromatic N) is 1. The first-order valence-electron chi connectivity index (χ1n) is 7.50. The van der Waals surface area contributed by atoms with Gasteiger partial charge in [0, 0.05) is 5.69 Å². The Morgan fingerprint density at radius 1 is 1.08 bits per heavy atom. The number of benzene rings is 2. The van der Waals surface area contributed by atoms with Crippen LogP contribution in [0.4, 0.5) is 11.4 Å². The third kappa shape index (κ3) is 4.27. The highest BCUT2D eigenvalue weighted by atomic mass is 32.2. The van der Waals surface area contributed by atoms with Crippen molar-refractivity contribution in [3.63, 3.8) is 0 Å². The lowest BCUT2D eigenvalue weighted by Gasteiger charge is -2.19. The fourth-order valence-electron chi connectivity index (χ4n) is 2.24. The Hall–Kier alpha value is -2.61. The summed E-state index contributed by atoms with van der Waals surface area (Å²) in [7, 11) is -2.76. The van der Waals surface area contributed by atoms with Crippen LogP contribution >= 0.6 is 0 Å². The van der Waals surface area contributed by atoms with Gasteiger partial charge in [0.15, 0.2) is 4.90 Å². The average Bonchev–Trinajstić information content (AvgIpc) is 2.53. The minimum Gasteiger partial charge on any atom is -0.497 e. The normalized spacial score (nSPS) is 11.8. The van der Waals surface area contributed by atoms with Gasteiger partial charge in [0.2, 0.25) is 0 Å². The van der Waals surface area contributed by atoms with Crippen LogP contribution in [0.3, 0.4) is 0 Å². The van der Waals surface area contributed by atoms with Gasteiger partial charge >= 0.3 is 0 Å². The molecule has 134 valence electrons. The Kier molecular flexibility index (Phi) is 5.03. The number of methoxy groups -OCH3 is 1. The van der Waals surface area contributed by atoms with E-state index in [9.17, 15) is 18.5 Å². The molecular formula is C17H20N2O5S. The van der Waals surface area contributed by atoms with E-state index >= 15 is 0 Å². The summed E-state index contributed by atoms with van der Waals surface area (Å²) in [4.78, 5) is 10.0. The number of hydrogen-bond acceptors (Lipinski definition) is 5. The molecule has 0 bridgehead atoms. The van der Waals surface area contributed by atoms with Gasteiger partial charge in [-0.25, -0.2) is 8.42 Å². The molecular weight excluding hydrogens is 344 g/mol. The summed E-state index contributed by atoms with van der Waals surface area (Å²) in [6, 6.07) is 10.5. The van der Waals surface area contributed by atoms with Gasteiger partial charge in [-0.3, -0.25) is 14.8 Å². The van der Waals surface area contributed by atoms with Crippen LogP contribution in [0.15, 0.2) is 47.4 Å². The van der Waals surface area contributed by atoms with E-state index in [2.05, 4.69) is 4.72 Å². The Balaban J connectivity index is 2.38. The van der Waals surface area contributed by atoms with Crippen molar-refractivity contribution in [2.75, 3.05) is 11.8 Å². The second-order valence-corrected chi connectivity index (χ2v) is 8.17. The van der Waals surface area contributed by atoms with Crippen LogP contribution in [-0.4, -0.2) is 20.5 Å². The standard InChI is InChI=1S/C17H20N2O5S/c1-17(2,3)12-5-7-13(8-6-12)18-25(22,23)16-10-9-14(24-4)11-15(16)19(20)21/h5-11,18H,1-4H3. The monoisotopic (exact) mass is 364 g/mol. The lowest BCUT2D eigenvalue weighted by molar-refractivity contribution is -0.387. The molecule has 0 radical (unpaired) electrons. The summed E-state index contributed by atoms with van der Waals surface area (Å²) in [6.45, 7) is 6.15. The maximum absolute atomic E-state index is 12.6. The van der Waals surface area contributed by atoms with E-state index in [4.69, 9.17) is 4.74 Å². The quantitative estimate of drug-likeness (QED) is 0.644. The fraction of sp³-hybridized carbons (Fsp3) is 0.294. The summed E-state index contributed by atoms with van der Waals surface area (Å²) in [6.07, 6.45) is 0. The van der Waals surface area contributed by atoms with Crippen molar-refractivity contribution in [1.29, 1.82) is 0 Å². The van der Waals surface area contributed by atoms with E-state index in [-0.39, 0.29) is 11.2 Å². The molecule has 2 rings (SSSR count). The Morgan fingerprint density at radius 2 is 1.68 bits per heavy atom. The average molecular weight is 364 g/mol. The molecule has 0 saturated carbocycles. The molecule has 0 atom stereocenters. The predicted octanol–water partition coefficient (Wildman–Crippen LogP) is 3.70. The van der Waals surface area contributed by atoms with Crippen LogP contribution in [0, 0.1) is 10.1 Å². The van der Waals surface area contributed by atoms with Gasteiger partial charge in [-0.1, -0.05) is 32.9 Å². The fourth-order valence-corrected chi connectivity index (χ4v) is 3.45. The zero-order valence-electron chi connectivity index (χ0n) is 14.4. The molecule has 0 fully saturated rings. The van der Waals surface area contributed by atoms with E-state index in [1.165, 1.54) is 13.2 Å². The molecule has 0 aromatic heterocycles. The molecule has 0 aliphatic rings. The van der Waals surface area contributed by atoms with Crippen molar-refractivity contribution in [2.45, 2.75) is 31.1 Å². The topological polar surface area (TPSA) is 98.5 Å². The first-order chi connectivity index (χ1) is 11.5. The number of nitrogens with one attached hydrogen (secondary N) is 1. The summed E-state index contributed by atoms with van der Waals surface area (Å²) in [5.74, 6) is 0.209. The second kappa shape index (κ2) is 6.72. The van der Waals surface area contributed by atoms with Crippen molar-refractivity contribution >= 4 is 21.4 Å². The van der Waals surface area contributed by atoms with Crippen LogP contribution in [0.25, 0.3) is 0 Å². The van der Waals surface area contributed by atoms with E-state index < -0.39 is 25.5 Å². The first kappa shape index (κ1) is 18.7. The maximum atomic E-state index is 12.6. The molecule has 2 aromatic carbocycles. The smallest absolute Gasteiger partial charge is 0.293 e. The predicted molar refractivity (Wildman–Crippen MR) is 95.6 cm³/mol. The molecule has 0 saturated heterocycles. The van der Waals surface area contributed by atoms with E-state index in [1.807, 2.05) is 32.9 Å². The van der Waals surface area contributed by atoms with E-state index in [0.29, 0.717) is 5.69 Å². The molecule has 0 aliphatic carbocycles. The zero-order valence-corrected chi connectivity index (χ0v) is 15.3. The van der Waals surface area contributed by atoms with Crippen molar-refractivity contribution in [3.8, 4) is 5.75 Å². The third-order valence-electron chi connectivity index (χ3n) is 3.66. The van der Waals surface area contributed by atoms with E-state index in [1.54, 1.807) is 12.1 Å². The highest BCUT2D eigenvalue weighted by Gasteiger charge is 2.26. The summed E-state index contributed by atoms with van der Waals surface area (Å²) in [5, 5.41) is 11.2. The number of nitro benzene ring substituents is 1. The summed E-state index contributed by atoms with van der Waals surface area (Å²) >= 11 is 0. The first-order valence-corrected chi connectivity index (χ1v) is 8.99. The highest BCUT2D eigenvalue weighted by molar-refractivity contribution is 7.92. The number of ether oxygens (including phenoxy) is 1. The van der Waals surface area contributed by atoms with Crippen LogP contribution in [-0.2, 0) is 15.4 Å². The number of hydrogen-bond donors (Lipinski definition) is 1. The van der Waals surface area contributed by atoms with Crippen molar-refractivity contribution in [1.82, 2.24) is 0 Å². The summed E-state index contributed by atoms with van der Waals surface area (Å²) in [5.41, 5.74) is 0.772. The molecule has 2 aromatic rings. The Bertz CT molecular complexity index is 884. The van der Waals surface area contributed by atoms with E-state index in [0.717, 1.165) is 17.7 Å². The lowest BCUT2D eigenvalue weighted by atomic mass is 9.87. The van der Waals surface area contributed by atoms with Gasteiger partial charge in [-0.2, -0.15) is 0 Å². The number of rotatable bonds is 5. The van der Waals surface area contributed by atoms with Crippen LogP contribution in [0.2, 0.25) is 0 Å². The molecule has 0 amide bonds. The number of sulfonamides is 1. The number of anilines is 1. The Labute approximate surface area is 146 Å². The molecule has 0 aliphatic heterocycles. The summed E-state index contributed by atoms with van der Waals surface area (Å²) < 4.78 is 32.4. The maximum Gasteiger partial charge on any atom is 0.293 e. The highest BCUT2D eigenvalue weighted by Crippen LogP contribution is 2.30. The van der Waals surface area contributed by atoms with Crippen LogP contribution < -0.4 is 9.46 Å². The molecule has 7 nitrogen and oxygen atoms in total. The molecule has 25 heavy (non-hydrogen) atoms. The molecule has 1 N–H and O–H groups in total. The largest absolute Gasteiger partial charge is 0.497 e. The van der Waals surface area contributed by atoms with Gasteiger partial charge < -0.3 is 4.74 Å². The van der Waals surface area contributed by atoms with Crippen LogP contribution in [0.1, 0.15) is 26.3 Å². The van der Waals surface area contributed by atoms with Crippen molar-refractivity contribution in [3.05, 3.63) is 58.1 Å². The third-order valence-corrected chi connectivity index (χ3v) is 5.08. The molecule has 0 unspecified atom stereocenters. The lowest BCUT2D eigenvalue weighted by Crippen LogP contribution is -2.15. The molecule has 0 spiro atoms. The zero-order chi connectivity index (χ0) is 18.8.